The molecule has 72 valence electrons. The van der Waals surface area contributed by atoms with Crippen LogP contribution >= 0.6 is 0 Å². The lowest BCUT2D eigenvalue weighted by molar-refractivity contribution is 0.0635. The Hall–Kier alpha value is -0.440. The maximum atomic E-state index is 12.2. The predicted molar refractivity (Wildman–Crippen MR) is 47.3 cm³/mol. The predicted octanol–water partition coefficient (Wildman–Crippen LogP) is 2.72. The summed E-state index contributed by atoms with van der Waals surface area (Å²) in [6.45, 7) is 7.05. The minimum absolute atomic E-state index is 0.207. The highest BCUT2D eigenvalue weighted by Crippen LogP contribution is 2.22. The maximum Gasteiger partial charge on any atom is 0.256 e. The first-order chi connectivity index (χ1) is 5.40. The molecule has 0 rings (SSSR count). The summed E-state index contributed by atoms with van der Waals surface area (Å²) in [6, 6.07) is 0. The molecule has 0 saturated heterocycles. The molecule has 1 nitrogen and oxygen atoms in total. The van der Waals surface area contributed by atoms with Crippen LogP contribution in [-0.2, 0) is 0 Å². The highest BCUT2D eigenvalue weighted by Gasteiger charge is 2.30. The van der Waals surface area contributed by atoms with E-state index in [1.807, 2.05) is 6.92 Å². The first-order valence-electron chi connectivity index (χ1n) is 4.14. The van der Waals surface area contributed by atoms with Gasteiger partial charge in [-0.25, -0.2) is 8.78 Å². The molecule has 0 amide bonds. The minimum Gasteiger partial charge on any atom is -0.320 e. The SMILES string of the molecule is C=C(CCC)CC(C)(N)C(F)F. The highest BCUT2D eigenvalue weighted by molar-refractivity contribution is 5.02. The Labute approximate surface area is 72.6 Å². The van der Waals surface area contributed by atoms with Crippen molar-refractivity contribution in [2.75, 3.05) is 0 Å². The third kappa shape index (κ3) is 3.81. The van der Waals surface area contributed by atoms with Gasteiger partial charge in [0.1, 0.15) is 0 Å². The molecule has 0 spiro atoms. The van der Waals surface area contributed by atoms with Crippen LogP contribution < -0.4 is 5.73 Å². The lowest BCUT2D eigenvalue weighted by atomic mass is 9.93. The van der Waals surface area contributed by atoms with Crippen LogP contribution in [0.3, 0.4) is 0 Å². The summed E-state index contributed by atoms with van der Waals surface area (Å²) in [7, 11) is 0. The molecule has 0 heterocycles. The second-order valence-corrected chi connectivity index (χ2v) is 3.48. The molecule has 0 saturated carbocycles. The summed E-state index contributed by atoms with van der Waals surface area (Å²) < 4.78 is 24.5. The molecule has 0 aromatic heterocycles. The molecule has 1 atom stereocenters. The van der Waals surface area contributed by atoms with Gasteiger partial charge in [-0.3, -0.25) is 0 Å². The number of halogens is 2. The average Bonchev–Trinajstić information content (AvgIpc) is 1.85. The van der Waals surface area contributed by atoms with E-state index in [1.165, 1.54) is 6.92 Å². The summed E-state index contributed by atoms with van der Waals surface area (Å²) >= 11 is 0. The Balaban J connectivity index is 3.97. The second kappa shape index (κ2) is 4.55. The van der Waals surface area contributed by atoms with E-state index >= 15 is 0 Å². The summed E-state index contributed by atoms with van der Waals surface area (Å²) in [5, 5.41) is 0. The van der Waals surface area contributed by atoms with E-state index in [-0.39, 0.29) is 6.42 Å². The van der Waals surface area contributed by atoms with E-state index in [4.69, 9.17) is 5.73 Å². The molecule has 3 heteroatoms. The first-order valence-corrected chi connectivity index (χ1v) is 4.14. The van der Waals surface area contributed by atoms with E-state index < -0.39 is 12.0 Å². The normalized spacial score (nSPS) is 16.2. The van der Waals surface area contributed by atoms with Gasteiger partial charge in [0.25, 0.3) is 6.43 Å². The third-order valence-corrected chi connectivity index (χ3v) is 1.73. The Bertz CT molecular complexity index is 153. The van der Waals surface area contributed by atoms with Crippen molar-refractivity contribution in [1.82, 2.24) is 0 Å². The van der Waals surface area contributed by atoms with Gasteiger partial charge < -0.3 is 5.73 Å². The fourth-order valence-electron chi connectivity index (χ4n) is 1.06. The molecule has 0 aliphatic rings. The third-order valence-electron chi connectivity index (χ3n) is 1.73. The molecule has 0 aromatic carbocycles. The highest BCUT2D eigenvalue weighted by atomic mass is 19.3. The second-order valence-electron chi connectivity index (χ2n) is 3.48. The van der Waals surface area contributed by atoms with Gasteiger partial charge in [-0.2, -0.15) is 0 Å². The van der Waals surface area contributed by atoms with Gasteiger partial charge in [0.2, 0.25) is 0 Å². The average molecular weight is 177 g/mol. The lowest BCUT2D eigenvalue weighted by Crippen LogP contribution is -2.43. The van der Waals surface area contributed by atoms with Crippen LogP contribution in [0.5, 0.6) is 0 Å². The van der Waals surface area contributed by atoms with Crippen LogP contribution in [0.4, 0.5) is 8.78 Å². The van der Waals surface area contributed by atoms with Gasteiger partial charge in [-0.15, -0.1) is 0 Å². The van der Waals surface area contributed by atoms with Crippen LogP contribution in [0.25, 0.3) is 0 Å². The van der Waals surface area contributed by atoms with Crippen molar-refractivity contribution < 1.29 is 8.78 Å². The van der Waals surface area contributed by atoms with Crippen molar-refractivity contribution in [1.29, 1.82) is 0 Å². The molecule has 0 aromatic rings. The Morgan fingerprint density at radius 2 is 2.08 bits per heavy atom. The zero-order valence-electron chi connectivity index (χ0n) is 7.74. The first kappa shape index (κ1) is 11.6. The van der Waals surface area contributed by atoms with Crippen molar-refractivity contribution in [2.45, 2.75) is 45.1 Å². The monoisotopic (exact) mass is 177 g/mol. The van der Waals surface area contributed by atoms with E-state index in [0.717, 1.165) is 18.4 Å². The van der Waals surface area contributed by atoms with E-state index in [1.54, 1.807) is 0 Å². The van der Waals surface area contributed by atoms with Gasteiger partial charge in [0.05, 0.1) is 5.54 Å². The fraction of sp³-hybridized carbons (Fsp3) is 0.778. The number of rotatable bonds is 5. The molecular weight excluding hydrogens is 160 g/mol. The van der Waals surface area contributed by atoms with Crippen LogP contribution in [0.2, 0.25) is 0 Å². The maximum absolute atomic E-state index is 12.2. The molecule has 0 radical (unpaired) electrons. The van der Waals surface area contributed by atoms with Gasteiger partial charge in [-0.1, -0.05) is 25.5 Å². The molecule has 12 heavy (non-hydrogen) atoms. The largest absolute Gasteiger partial charge is 0.320 e. The van der Waals surface area contributed by atoms with Crippen molar-refractivity contribution in [3.05, 3.63) is 12.2 Å². The zero-order chi connectivity index (χ0) is 9.78. The Morgan fingerprint density at radius 3 is 2.42 bits per heavy atom. The Morgan fingerprint density at radius 1 is 1.58 bits per heavy atom. The van der Waals surface area contributed by atoms with Crippen molar-refractivity contribution in [3.63, 3.8) is 0 Å². The van der Waals surface area contributed by atoms with Crippen molar-refractivity contribution >= 4 is 0 Å². The van der Waals surface area contributed by atoms with E-state index in [0.29, 0.717) is 0 Å². The van der Waals surface area contributed by atoms with Gasteiger partial charge in [-0.05, 0) is 19.8 Å². The number of alkyl halides is 2. The van der Waals surface area contributed by atoms with Crippen LogP contribution in [0, 0.1) is 0 Å². The van der Waals surface area contributed by atoms with Crippen LogP contribution in [0.1, 0.15) is 33.1 Å². The molecule has 0 aliphatic carbocycles. The van der Waals surface area contributed by atoms with Crippen molar-refractivity contribution in [3.8, 4) is 0 Å². The van der Waals surface area contributed by atoms with E-state index in [2.05, 4.69) is 6.58 Å². The molecule has 2 N–H and O–H groups in total. The van der Waals surface area contributed by atoms with Gasteiger partial charge >= 0.3 is 0 Å². The molecule has 1 unspecified atom stereocenters. The number of nitrogens with two attached hydrogens (primary N) is 1. The van der Waals surface area contributed by atoms with E-state index in [9.17, 15) is 8.78 Å². The lowest BCUT2D eigenvalue weighted by Gasteiger charge is -2.24. The van der Waals surface area contributed by atoms with Gasteiger partial charge in [0.15, 0.2) is 0 Å². The molecule has 0 bridgehead atoms. The minimum atomic E-state index is -2.48. The van der Waals surface area contributed by atoms with Crippen LogP contribution in [-0.4, -0.2) is 12.0 Å². The van der Waals surface area contributed by atoms with Crippen molar-refractivity contribution in [2.24, 2.45) is 5.73 Å². The number of hydrogen-bond donors (Lipinski definition) is 1. The molecule has 0 aliphatic heterocycles. The zero-order valence-corrected chi connectivity index (χ0v) is 7.74. The molecule has 0 fully saturated rings. The summed E-state index contributed by atoms with van der Waals surface area (Å²) in [5.74, 6) is 0. The standard InChI is InChI=1S/C9H17F2N/c1-4-5-7(2)6-9(3,12)8(10)11/h8H,2,4-6,12H2,1,3H3. The summed E-state index contributed by atoms with van der Waals surface area (Å²) in [6.07, 6.45) is -0.568. The van der Waals surface area contributed by atoms with Gasteiger partial charge in [0, 0.05) is 0 Å². The Kier molecular flexibility index (Phi) is 4.39. The molecular formula is C9H17F2N. The van der Waals surface area contributed by atoms with Crippen LogP contribution in [0.15, 0.2) is 12.2 Å². The number of hydrogen-bond acceptors (Lipinski definition) is 1. The summed E-state index contributed by atoms with van der Waals surface area (Å²) in [5.41, 5.74) is 4.78. The summed E-state index contributed by atoms with van der Waals surface area (Å²) in [4.78, 5) is 0. The topological polar surface area (TPSA) is 26.0 Å². The smallest absolute Gasteiger partial charge is 0.256 e. The fourth-order valence-corrected chi connectivity index (χ4v) is 1.06. The quantitative estimate of drug-likeness (QED) is 0.642.